The Labute approximate surface area is 159 Å². The molecule has 2 aliphatic rings. The van der Waals surface area contributed by atoms with Crippen molar-refractivity contribution in [1.29, 1.82) is 0 Å². The molecule has 1 heterocycles. The third-order valence-electron chi connectivity index (χ3n) is 4.92. The van der Waals surface area contributed by atoms with E-state index in [0.29, 0.717) is 5.69 Å². The first-order chi connectivity index (χ1) is 12.9. The Morgan fingerprint density at radius 2 is 1.74 bits per heavy atom. The molecule has 2 amide bonds. The number of carbonyl (C=O) groups is 2. The van der Waals surface area contributed by atoms with Crippen molar-refractivity contribution in [2.75, 3.05) is 11.9 Å². The summed E-state index contributed by atoms with van der Waals surface area (Å²) in [6.07, 6.45) is 8.60. The van der Waals surface area contributed by atoms with E-state index in [0.717, 1.165) is 25.7 Å². The Bertz CT molecular complexity index is 827. The molecule has 1 atom stereocenters. The first-order valence-corrected chi connectivity index (χ1v) is 10.7. The van der Waals surface area contributed by atoms with Gasteiger partial charge in [-0.2, -0.15) is 4.31 Å². The summed E-state index contributed by atoms with van der Waals surface area (Å²) in [4.78, 5) is 23.8. The van der Waals surface area contributed by atoms with Gasteiger partial charge in [0, 0.05) is 25.2 Å². The monoisotopic (exact) mass is 391 g/mol. The fraction of sp³-hybridized carbons (Fsp3) is 0.474. The molecular formula is C19H25N3O4S. The minimum absolute atomic E-state index is 0.0933. The largest absolute Gasteiger partial charge is 0.352 e. The molecule has 1 aromatic carbocycles. The van der Waals surface area contributed by atoms with Crippen molar-refractivity contribution in [2.24, 2.45) is 0 Å². The molecule has 0 unspecified atom stereocenters. The van der Waals surface area contributed by atoms with Gasteiger partial charge in [0.1, 0.15) is 6.04 Å². The lowest BCUT2D eigenvalue weighted by Gasteiger charge is -2.27. The van der Waals surface area contributed by atoms with Crippen LogP contribution in [0.5, 0.6) is 0 Å². The van der Waals surface area contributed by atoms with Crippen molar-refractivity contribution < 1.29 is 18.0 Å². The van der Waals surface area contributed by atoms with E-state index < -0.39 is 16.1 Å². The van der Waals surface area contributed by atoms with Crippen molar-refractivity contribution in [2.45, 2.75) is 56.0 Å². The van der Waals surface area contributed by atoms with Gasteiger partial charge >= 0.3 is 0 Å². The maximum atomic E-state index is 13.0. The summed E-state index contributed by atoms with van der Waals surface area (Å²) < 4.78 is 27.2. The highest BCUT2D eigenvalue weighted by Gasteiger charge is 2.37. The van der Waals surface area contributed by atoms with E-state index in [1.807, 2.05) is 0 Å². The van der Waals surface area contributed by atoms with Crippen molar-refractivity contribution in [1.82, 2.24) is 9.62 Å². The van der Waals surface area contributed by atoms with E-state index in [9.17, 15) is 18.0 Å². The number of nitrogens with one attached hydrogen (secondary N) is 2. The molecule has 1 aromatic rings. The quantitative estimate of drug-likeness (QED) is 0.751. The Hall–Kier alpha value is -2.19. The van der Waals surface area contributed by atoms with Crippen LogP contribution in [0.1, 0.15) is 39.0 Å². The highest BCUT2D eigenvalue weighted by Crippen LogP contribution is 2.24. The summed E-state index contributed by atoms with van der Waals surface area (Å²) in [5, 5.41) is 5.60. The molecule has 1 aliphatic carbocycles. The van der Waals surface area contributed by atoms with Gasteiger partial charge in [0.15, 0.2) is 0 Å². The molecule has 1 saturated carbocycles. The van der Waals surface area contributed by atoms with Gasteiger partial charge in [0.05, 0.1) is 4.90 Å². The third kappa shape index (κ3) is 4.56. The highest BCUT2D eigenvalue weighted by molar-refractivity contribution is 7.89. The van der Waals surface area contributed by atoms with Gasteiger partial charge in [-0.05, 0) is 37.1 Å². The number of carbonyl (C=O) groups excluding carboxylic acids is 2. The van der Waals surface area contributed by atoms with Crippen molar-refractivity contribution in [3.8, 4) is 0 Å². The summed E-state index contributed by atoms with van der Waals surface area (Å²) in [7, 11) is -3.82. The number of hydrogen-bond donors (Lipinski definition) is 2. The van der Waals surface area contributed by atoms with E-state index in [1.54, 1.807) is 12.2 Å². The van der Waals surface area contributed by atoms with Gasteiger partial charge in [-0.1, -0.05) is 31.4 Å². The van der Waals surface area contributed by atoms with Crippen LogP contribution >= 0.6 is 0 Å². The second-order valence-corrected chi connectivity index (χ2v) is 8.89. The summed E-state index contributed by atoms with van der Waals surface area (Å²) in [6, 6.07) is 5.25. The van der Waals surface area contributed by atoms with E-state index >= 15 is 0 Å². The predicted molar refractivity (Wildman–Crippen MR) is 103 cm³/mol. The van der Waals surface area contributed by atoms with E-state index in [-0.39, 0.29) is 29.3 Å². The molecular weight excluding hydrogens is 366 g/mol. The summed E-state index contributed by atoms with van der Waals surface area (Å²) in [5.41, 5.74) is 0.521. The van der Waals surface area contributed by atoms with Gasteiger partial charge in [0.2, 0.25) is 21.8 Å². The van der Waals surface area contributed by atoms with Gasteiger partial charge in [-0.25, -0.2) is 8.42 Å². The topological polar surface area (TPSA) is 95.6 Å². The average Bonchev–Trinajstić information content (AvgIpc) is 3.13. The minimum Gasteiger partial charge on any atom is -0.352 e. The van der Waals surface area contributed by atoms with Crippen LogP contribution in [0.3, 0.4) is 0 Å². The summed E-state index contributed by atoms with van der Waals surface area (Å²) in [6.45, 7) is 1.55. The molecule has 146 valence electrons. The molecule has 1 fully saturated rings. The van der Waals surface area contributed by atoms with Crippen LogP contribution in [0, 0.1) is 0 Å². The number of anilines is 1. The maximum absolute atomic E-state index is 13.0. The van der Waals surface area contributed by atoms with Crippen molar-refractivity contribution in [3.63, 3.8) is 0 Å². The lowest BCUT2D eigenvalue weighted by atomic mass is 9.95. The fourth-order valence-corrected chi connectivity index (χ4v) is 5.05. The second kappa shape index (κ2) is 8.22. The second-order valence-electron chi connectivity index (χ2n) is 7.00. The number of sulfonamides is 1. The van der Waals surface area contributed by atoms with Crippen LogP contribution in [-0.2, 0) is 19.6 Å². The Morgan fingerprint density at radius 3 is 2.37 bits per heavy atom. The zero-order chi connectivity index (χ0) is 19.4. The maximum Gasteiger partial charge on any atom is 0.244 e. The van der Waals surface area contributed by atoms with Gasteiger partial charge in [-0.15, -0.1) is 0 Å². The lowest BCUT2D eigenvalue weighted by Crippen LogP contribution is -2.49. The van der Waals surface area contributed by atoms with E-state index in [1.165, 1.54) is 41.9 Å². The van der Waals surface area contributed by atoms with Crippen LogP contribution in [-0.4, -0.2) is 43.2 Å². The first-order valence-electron chi connectivity index (χ1n) is 9.24. The van der Waals surface area contributed by atoms with Crippen LogP contribution in [0.4, 0.5) is 5.69 Å². The van der Waals surface area contributed by atoms with Crippen molar-refractivity contribution >= 4 is 27.5 Å². The standard InChI is InChI=1S/C19H25N3O4S/c1-14(23)20-16-9-11-17(12-10-16)27(25,26)22-13-5-8-18(22)19(24)21-15-6-3-2-4-7-15/h5,8-12,15,18H,2-4,6-7,13H2,1H3,(H,20,23)(H,21,24)/t18-/m0/s1. The normalized spacial score (nSPS) is 21.1. The summed E-state index contributed by atoms with van der Waals surface area (Å²) in [5.74, 6) is -0.497. The van der Waals surface area contributed by atoms with Gasteiger partial charge in [0.25, 0.3) is 0 Å². The van der Waals surface area contributed by atoms with E-state index in [4.69, 9.17) is 0 Å². The number of benzene rings is 1. The molecule has 0 saturated heterocycles. The van der Waals surface area contributed by atoms with Gasteiger partial charge < -0.3 is 10.6 Å². The number of rotatable bonds is 5. The van der Waals surface area contributed by atoms with Crippen LogP contribution in [0.25, 0.3) is 0 Å². The molecule has 0 radical (unpaired) electrons. The SMILES string of the molecule is CC(=O)Nc1ccc(S(=O)(=O)N2CC=C[C@H]2C(=O)NC2CCCCC2)cc1. The van der Waals surface area contributed by atoms with Crippen LogP contribution in [0.2, 0.25) is 0 Å². The average molecular weight is 391 g/mol. The molecule has 0 aromatic heterocycles. The minimum atomic E-state index is -3.82. The summed E-state index contributed by atoms with van der Waals surface area (Å²) >= 11 is 0. The molecule has 7 nitrogen and oxygen atoms in total. The Morgan fingerprint density at radius 1 is 1.07 bits per heavy atom. The number of amides is 2. The molecule has 2 N–H and O–H groups in total. The zero-order valence-electron chi connectivity index (χ0n) is 15.3. The van der Waals surface area contributed by atoms with Crippen molar-refractivity contribution in [3.05, 3.63) is 36.4 Å². The number of nitrogens with zero attached hydrogens (tertiary/aromatic N) is 1. The predicted octanol–water partition coefficient (Wildman–Crippen LogP) is 2.02. The Kier molecular flexibility index (Phi) is 5.96. The van der Waals surface area contributed by atoms with Gasteiger partial charge in [-0.3, -0.25) is 9.59 Å². The molecule has 0 spiro atoms. The molecule has 3 rings (SSSR count). The third-order valence-corrected chi connectivity index (χ3v) is 6.78. The van der Waals surface area contributed by atoms with Crippen LogP contribution in [0.15, 0.2) is 41.3 Å². The van der Waals surface area contributed by atoms with E-state index in [2.05, 4.69) is 10.6 Å². The zero-order valence-corrected chi connectivity index (χ0v) is 16.2. The smallest absolute Gasteiger partial charge is 0.244 e. The molecule has 27 heavy (non-hydrogen) atoms. The lowest BCUT2D eigenvalue weighted by molar-refractivity contribution is -0.124. The molecule has 1 aliphatic heterocycles. The number of hydrogen-bond acceptors (Lipinski definition) is 4. The van der Waals surface area contributed by atoms with Crippen LogP contribution < -0.4 is 10.6 Å². The fourth-order valence-electron chi connectivity index (χ4n) is 3.55. The molecule has 0 bridgehead atoms. The highest BCUT2D eigenvalue weighted by atomic mass is 32.2. The Balaban J connectivity index is 1.72. The molecule has 8 heteroatoms. The first kappa shape index (κ1) is 19.6.